The molecule has 4 heteroatoms. The molecule has 0 saturated carbocycles. The van der Waals surface area contributed by atoms with Gasteiger partial charge in [-0.25, -0.2) is 4.98 Å². The van der Waals surface area contributed by atoms with Crippen molar-refractivity contribution >= 4 is 16.5 Å². The summed E-state index contributed by atoms with van der Waals surface area (Å²) in [6, 6.07) is 0.701. The van der Waals surface area contributed by atoms with Gasteiger partial charge in [0, 0.05) is 18.0 Å². The van der Waals surface area contributed by atoms with E-state index in [-0.39, 0.29) is 0 Å². The maximum atomic E-state index is 5.61. The van der Waals surface area contributed by atoms with Crippen LogP contribution in [0.15, 0.2) is 5.38 Å². The molecule has 1 aromatic heterocycles. The van der Waals surface area contributed by atoms with Crippen LogP contribution in [-0.2, 0) is 6.54 Å². The van der Waals surface area contributed by atoms with E-state index in [1.165, 1.54) is 37.1 Å². The van der Waals surface area contributed by atoms with Gasteiger partial charge in [0.15, 0.2) is 5.13 Å². The lowest BCUT2D eigenvalue weighted by molar-refractivity contribution is 0.151. The van der Waals surface area contributed by atoms with Crippen LogP contribution in [0.1, 0.15) is 31.9 Å². The van der Waals surface area contributed by atoms with Crippen LogP contribution in [0.5, 0.6) is 0 Å². The largest absolute Gasteiger partial charge is 0.375 e. The van der Waals surface area contributed by atoms with Crippen molar-refractivity contribution < 1.29 is 0 Å². The van der Waals surface area contributed by atoms with Gasteiger partial charge in [0.2, 0.25) is 0 Å². The number of anilines is 1. The monoisotopic (exact) mass is 211 g/mol. The minimum Gasteiger partial charge on any atom is -0.375 e. The highest BCUT2D eigenvalue weighted by Gasteiger charge is 2.18. The Morgan fingerprint density at radius 2 is 2.50 bits per heavy atom. The molecule has 14 heavy (non-hydrogen) atoms. The zero-order valence-corrected chi connectivity index (χ0v) is 9.39. The molecule has 1 aromatic rings. The van der Waals surface area contributed by atoms with Gasteiger partial charge in [-0.1, -0.05) is 6.42 Å². The predicted octanol–water partition coefficient (Wildman–Crippen LogP) is 2.10. The van der Waals surface area contributed by atoms with Crippen molar-refractivity contribution in [2.24, 2.45) is 0 Å². The van der Waals surface area contributed by atoms with E-state index in [0.717, 1.165) is 12.2 Å². The van der Waals surface area contributed by atoms with Crippen LogP contribution in [0.2, 0.25) is 0 Å². The maximum absolute atomic E-state index is 5.61. The maximum Gasteiger partial charge on any atom is 0.180 e. The number of thiazole rings is 1. The molecule has 78 valence electrons. The van der Waals surface area contributed by atoms with Gasteiger partial charge in [0.25, 0.3) is 0 Å². The molecule has 2 heterocycles. The fraction of sp³-hybridized carbons (Fsp3) is 0.700. The van der Waals surface area contributed by atoms with E-state index in [1.807, 2.05) is 0 Å². The molecular weight excluding hydrogens is 194 g/mol. The van der Waals surface area contributed by atoms with E-state index in [9.17, 15) is 0 Å². The smallest absolute Gasteiger partial charge is 0.180 e. The summed E-state index contributed by atoms with van der Waals surface area (Å²) in [6.07, 6.45) is 4.01. The van der Waals surface area contributed by atoms with Crippen molar-refractivity contribution in [3.63, 3.8) is 0 Å². The Morgan fingerprint density at radius 3 is 3.14 bits per heavy atom. The summed E-state index contributed by atoms with van der Waals surface area (Å²) in [6.45, 7) is 4.47. The average molecular weight is 211 g/mol. The third-order valence-electron chi connectivity index (χ3n) is 2.88. The van der Waals surface area contributed by atoms with E-state index >= 15 is 0 Å². The summed E-state index contributed by atoms with van der Waals surface area (Å²) in [7, 11) is 0. The first-order valence-corrected chi connectivity index (χ1v) is 6.07. The molecule has 0 bridgehead atoms. The van der Waals surface area contributed by atoms with Gasteiger partial charge in [0.1, 0.15) is 0 Å². The van der Waals surface area contributed by atoms with Gasteiger partial charge in [-0.15, -0.1) is 11.3 Å². The van der Waals surface area contributed by atoms with Crippen molar-refractivity contribution in [1.82, 2.24) is 9.88 Å². The molecular formula is C10H17N3S. The van der Waals surface area contributed by atoms with E-state index in [0.29, 0.717) is 11.2 Å². The number of hydrogen-bond acceptors (Lipinski definition) is 4. The van der Waals surface area contributed by atoms with Crippen molar-refractivity contribution in [2.75, 3.05) is 12.3 Å². The molecule has 0 aromatic carbocycles. The molecule has 2 N–H and O–H groups in total. The predicted molar refractivity (Wildman–Crippen MR) is 60.2 cm³/mol. The number of likely N-dealkylation sites (tertiary alicyclic amines) is 1. The highest BCUT2D eigenvalue weighted by Crippen LogP contribution is 2.20. The fourth-order valence-corrected chi connectivity index (χ4v) is 2.55. The minimum absolute atomic E-state index is 0.685. The number of nitrogen functional groups attached to an aromatic ring is 1. The Bertz CT molecular complexity index is 297. The van der Waals surface area contributed by atoms with Crippen LogP contribution in [0.4, 0.5) is 5.13 Å². The van der Waals surface area contributed by atoms with Crippen molar-refractivity contribution in [1.29, 1.82) is 0 Å². The molecule has 0 spiro atoms. The molecule has 0 radical (unpaired) electrons. The van der Waals surface area contributed by atoms with Gasteiger partial charge in [-0.3, -0.25) is 4.90 Å². The van der Waals surface area contributed by atoms with Gasteiger partial charge < -0.3 is 5.73 Å². The SMILES string of the molecule is CC1CCCCN1Cc1csc(N)n1. The third-order valence-corrected chi connectivity index (χ3v) is 3.60. The molecule has 0 amide bonds. The van der Waals surface area contributed by atoms with Crippen molar-refractivity contribution in [2.45, 2.75) is 38.8 Å². The molecule has 2 rings (SSSR count). The molecule has 1 atom stereocenters. The number of nitrogens with zero attached hydrogens (tertiary/aromatic N) is 2. The summed E-state index contributed by atoms with van der Waals surface area (Å²) in [4.78, 5) is 6.79. The second-order valence-electron chi connectivity index (χ2n) is 3.99. The second-order valence-corrected chi connectivity index (χ2v) is 4.88. The van der Waals surface area contributed by atoms with Crippen molar-refractivity contribution in [3.8, 4) is 0 Å². The zero-order chi connectivity index (χ0) is 9.97. The van der Waals surface area contributed by atoms with E-state index in [2.05, 4.69) is 22.2 Å². The molecule has 1 fully saturated rings. The normalized spacial score (nSPS) is 23.9. The van der Waals surface area contributed by atoms with Gasteiger partial charge in [-0.05, 0) is 26.3 Å². The Hall–Kier alpha value is -0.610. The van der Waals surface area contributed by atoms with Gasteiger partial charge in [-0.2, -0.15) is 0 Å². The zero-order valence-electron chi connectivity index (χ0n) is 8.57. The van der Waals surface area contributed by atoms with E-state index < -0.39 is 0 Å². The lowest BCUT2D eigenvalue weighted by Gasteiger charge is -2.32. The number of hydrogen-bond donors (Lipinski definition) is 1. The van der Waals surface area contributed by atoms with Crippen LogP contribution in [0, 0.1) is 0 Å². The van der Waals surface area contributed by atoms with E-state index in [1.54, 1.807) is 0 Å². The first-order chi connectivity index (χ1) is 6.75. The summed E-state index contributed by atoms with van der Waals surface area (Å²) in [5.41, 5.74) is 6.73. The Labute approximate surface area is 88.9 Å². The number of nitrogens with two attached hydrogens (primary N) is 1. The Kier molecular flexibility index (Phi) is 3.03. The topological polar surface area (TPSA) is 42.1 Å². The van der Waals surface area contributed by atoms with Crippen molar-refractivity contribution in [3.05, 3.63) is 11.1 Å². The molecule has 1 unspecified atom stereocenters. The summed E-state index contributed by atoms with van der Waals surface area (Å²) in [5.74, 6) is 0. The molecule has 0 aliphatic carbocycles. The number of aromatic nitrogens is 1. The lowest BCUT2D eigenvalue weighted by Crippen LogP contribution is -2.36. The first kappa shape index (κ1) is 9.93. The third kappa shape index (κ3) is 2.25. The first-order valence-electron chi connectivity index (χ1n) is 5.19. The number of piperidine rings is 1. The van der Waals surface area contributed by atoms with Crippen LogP contribution in [-0.4, -0.2) is 22.5 Å². The van der Waals surface area contributed by atoms with Crippen LogP contribution in [0.3, 0.4) is 0 Å². The summed E-state index contributed by atoms with van der Waals surface area (Å²) in [5, 5.41) is 2.75. The molecule has 3 nitrogen and oxygen atoms in total. The van der Waals surface area contributed by atoms with Crippen LogP contribution >= 0.6 is 11.3 Å². The highest BCUT2D eigenvalue weighted by atomic mass is 32.1. The van der Waals surface area contributed by atoms with Gasteiger partial charge in [0.05, 0.1) is 5.69 Å². The molecule has 1 aliphatic heterocycles. The lowest BCUT2D eigenvalue weighted by atomic mass is 10.0. The average Bonchev–Trinajstić information content (AvgIpc) is 2.56. The van der Waals surface area contributed by atoms with Crippen LogP contribution < -0.4 is 5.73 Å². The van der Waals surface area contributed by atoms with Crippen LogP contribution in [0.25, 0.3) is 0 Å². The standard InChI is InChI=1S/C10H17N3S/c1-8-4-2-3-5-13(8)6-9-7-14-10(11)12-9/h7-8H,2-6H2,1H3,(H2,11,12). The summed E-state index contributed by atoms with van der Waals surface area (Å²) >= 11 is 1.53. The Balaban J connectivity index is 1.95. The highest BCUT2D eigenvalue weighted by molar-refractivity contribution is 7.13. The molecule has 1 saturated heterocycles. The quantitative estimate of drug-likeness (QED) is 0.814. The fourth-order valence-electron chi connectivity index (χ4n) is 2.00. The number of rotatable bonds is 2. The minimum atomic E-state index is 0.685. The second kappa shape index (κ2) is 4.28. The Morgan fingerprint density at radius 1 is 1.64 bits per heavy atom. The van der Waals surface area contributed by atoms with E-state index in [4.69, 9.17) is 5.73 Å². The molecule has 1 aliphatic rings. The van der Waals surface area contributed by atoms with Gasteiger partial charge >= 0.3 is 0 Å². The summed E-state index contributed by atoms with van der Waals surface area (Å²) < 4.78 is 0.